The summed E-state index contributed by atoms with van der Waals surface area (Å²) in [5, 5.41) is 3.74. The molecule has 0 unspecified atom stereocenters. The first kappa shape index (κ1) is 27.9. The molecule has 2 aromatic heterocycles. The van der Waals surface area contributed by atoms with E-state index in [0.29, 0.717) is 0 Å². The average Bonchev–Trinajstić information content (AvgIpc) is 3.64. The van der Waals surface area contributed by atoms with E-state index in [0.717, 1.165) is 28.3 Å². The van der Waals surface area contributed by atoms with Crippen LogP contribution in [0.5, 0.6) is 0 Å². The molecule has 0 bridgehead atoms. The van der Waals surface area contributed by atoms with Crippen LogP contribution in [-0.2, 0) is 0 Å². The zero-order valence-corrected chi connectivity index (χ0v) is 26.4. The summed E-state index contributed by atoms with van der Waals surface area (Å²) in [5.41, 5.74) is 10.5. The Labute approximate surface area is 273 Å². The molecule has 0 fully saturated rings. The number of benzene rings is 6. The van der Waals surface area contributed by atoms with Crippen molar-refractivity contribution in [1.82, 2.24) is 4.57 Å². The third-order valence-corrected chi connectivity index (χ3v) is 9.80. The van der Waals surface area contributed by atoms with Crippen LogP contribution < -0.4 is 4.90 Å². The Morgan fingerprint density at radius 3 is 2.04 bits per heavy atom. The number of hydrogen-bond donors (Lipinski definition) is 0. The molecule has 0 radical (unpaired) electrons. The maximum Gasteiger partial charge on any atom is 0.0555 e. The number of aromatic nitrogens is 1. The van der Waals surface area contributed by atoms with Crippen LogP contribution in [0.25, 0.3) is 60.0 Å². The Morgan fingerprint density at radius 2 is 1.28 bits per heavy atom. The fraction of sp³-hybridized carbons (Fsp3) is 0.0233. The summed E-state index contributed by atoms with van der Waals surface area (Å²) in [7, 11) is 0. The highest BCUT2D eigenvalue weighted by atomic mass is 32.1. The number of thiophene rings is 1. The van der Waals surface area contributed by atoms with Crippen LogP contribution in [0.1, 0.15) is 18.2 Å². The minimum Gasteiger partial charge on any atom is -0.310 e. The van der Waals surface area contributed by atoms with E-state index >= 15 is 0 Å². The van der Waals surface area contributed by atoms with Gasteiger partial charge in [-0.3, -0.25) is 0 Å². The number of nitrogens with zero attached hydrogens (tertiary/aromatic N) is 2. The number of allylic oxidation sites excluding steroid dienone is 1. The quantitative estimate of drug-likeness (QED) is 0.175. The number of para-hydroxylation sites is 2. The molecule has 0 N–H and O–H groups in total. The van der Waals surface area contributed by atoms with Crippen LogP contribution in [0.4, 0.5) is 17.1 Å². The molecule has 2 heterocycles. The van der Waals surface area contributed by atoms with Crippen LogP contribution in [0.15, 0.2) is 158 Å². The maximum absolute atomic E-state index is 4.18. The van der Waals surface area contributed by atoms with Crippen molar-refractivity contribution in [1.29, 1.82) is 0 Å². The van der Waals surface area contributed by atoms with Gasteiger partial charge in [0.05, 0.1) is 16.9 Å². The van der Waals surface area contributed by atoms with Crippen LogP contribution >= 0.6 is 11.3 Å². The molecule has 0 amide bonds. The normalized spacial score (nSPS) is 11.6. The van der Waals surface area contributed by atoms with Crippen molar-refractivity contribution in [2.75, 3.05) is 4.90 Å². The van der Waals surface area contributed by atoms with Crippen molar-refractivity contribution in [3.63, 3.8) is 0 Å². The molecule has 6 aromatic carbocycles. The van der Waals surface area contributed by atoms with Gasteiger partial charge in [-0.25, -0.2) is 0 Å². The summed E-state index contributed by atoms with van der Waals surface area (Å²) < 4.78 is 4.93. The lowest BCUT2D eigenvalue weighted by atomic mass is 10.0. The third-order valence-electron chi connectivity index (χ3n) is 8.69. The molecule has 46 heavy (non-hydrogen) atoms. The van der Waals surface area contributed by atoms with Gasteiger partial charge < -0.3 is 9.47 Å². The number of fused-ring (bicyclic) bond motifs is 4. The lowest BCUT2D eigenvalue weighted by Crippen LogP contribution is -2.09. The SMILES string of the molecule is C=Cc1c(/C=C\C)n(-c2cccc3sc4cc(N(c5ccccc5)c5ccc(-c6ccccc6)cc5)ccc4c23)c2ccccc12. The molecule has 0 aliphatic rings. The highest BCUT2D eigenvalue weighted by molar-refractivity contribution is 7.26. The minimum atomic E-state index is 1.12. The lowest BCUT2D eigenvalue weighted by Gasteiger charge is -2.25. The second-order valence-electron chi connectivity index (χ2n) is 11.4. The third kappa shape index (κ3) is 4.65. The van der Waals surface area contributed by atoms with Crippen molar-refractivity contribution in [2.24, 2.45) is 0 Å². The van der Waals surface area contributed by atoms with Crippen molar-refractivity contribution in [3.8, 4) is 16.8 Å². The second kappa shape index (κ2) is 11.7. The van der Waals surface area contributed by atoms with Crippen molar-refractivity contribution in [2.45, 2.75) is 6.92 Å². The summed E-state index contributed by atoms with van der Waals surface area (Å²) in [6.45, 7) is 6.25. The van der Waals surface area contributed by atoms with Gasteiger partial charge in [0.15, 0.2) is 0 Å². The van der Waals surface area contributed by atoms with Crippen LogP contribution in [-0.4, -0.2) is 4.57 Å². The molecule has 0 atom stereocenters. The fourth-order valence-corrected chi connectivity index (χ4v) is 7.82. The molecule has 8 rings (SSSR count). The van der Waals surface area contributed by atoms with Crippen LogP contribution in [0, 0.1) is 0 Å². The van der Waals surface area contributed by atoms with E-state index in [2.05, 4.69) is 181 Å². The van der Waals surface area contributed by atoms with Gasteiger partial charge in [0.1, 0.15) is 0 Å². The molecule has 0 spiro atoms. The highest BCUT2D eigenvalue weighted by Crippen LogP contribution is 2.44. The van der Waals surface area contributed by atoms with E-state index in [4.69, 9.17) is 0 Å². The van der Waals surface area contributed by atoms with Gasteiger partial charge in [0.25, 0.3) is 0 Å². The topological polar surface area (TPSA) is 8.17 Å². The standard InChI is InChI=1S/C43H32N2S/c1-3-14-38-35(4-2)36-19-11-12-20-39(36)45(38)40-21-13-22-41-43(40)37-28-27-34(29-42(37)46-41)44(32-17-9-6-10-18-32)33-25-23-31(24-26-33)30-15-7-5-8-16-30/h3-29H,2H2,1H3/b14-3-. The van der Waals surface area contributed by atoms with E-state index in [9.17, 15) is 0 Å². The van der Waals surface area contributed by atoms with E-state index in [1.54, 1.807) is 0 Å². The lowest BCUT2D eigenvalue weighted by molar-refractivity contribution is 1.12. The molecule has 3 heteroatoms. The van der Waals surface area contributed by atoms with E-state index in [-0.39, 0.29) is 0 Å². The second-order valence-corrected chi connectivity index (χ2v) is 12.5. The fourth-order valence-electron chi connectivity index (χ4n) is 6.66. The molecule has 0 aliphatic carbocycles. The highest BCUT2D eigenvalue weighted by Gasteiger charge is 2.20. The van der Waals surface area contributed by atoms with Gasteiger partial charge in [-0.15, -0.1) is 11.3 Å². The predicted molar refractivity (Wildman–Crippen MR) is 201 cm³/mol. The summed E-state index contributed by atoms with van der Waals surface area (Å²) >= 11 is 1.85. The van der Waals surface area contributed by atoms with Gasteiger partial charge in [0.2, 0.25) is 0 Å². The summed E-state index contributed by atoms with van der Waals surface area (Å²) in [4.78, 5) is 2.35. The Balaban J connectivity index is 1.30. The molecule has 220 valence electrons. The number of hydrogen-bond acceptors (Lipinski definition) is 2. The smallest absolute Gasteiger partial charge is 0.0555 e. The number of anilines is 3. The first-order valence-electron chi connectivity index (χ1n) is 15.6. The Hall–Kier alpha value is -5.64. The maximum atomic E-state index is 4.18. The molecule has 8 aromatic rings. The van der Waals surface area contributed by atoms with E-state index in [1.165, 1.54) is 47.9 Å². The zero-order valence-electron chi connectivity index (χ0n) is 25.6. The predicted octanol–water partition coefficient (Wildman–Crippen LogP) is 12.8. The van der Waals surface area contributed by atoms with E-state index in [1.807, 2.05) is 17.4 Å². The monoisotopic (exact) mass is 608 g/mol. The van der Waals surface area contributed by atoms with Gasteiger partial charge in [0, 0.05) is 48.2 Å². The van der Waals surface area contributed by atoms with Gasteiger partial charge >= 0.3 is 0 Å². The first-order chi connectivity index (χ1) is 22.7. The zero-order chi connectivity index (χ0) is 31.0. The molecule has 2 nitrogen and oxygen atoms in total. The molecular weight excluding hydrogens is 577 g/mol. The summed E-state index contributed by atoms with van der Waals surface area (Å²) in [6, 6.07) is 52.3. The van der Waals surface area contributed by atoms with Crippen LogP contribution in [0.3, 0.4) is 0 Å². The Kier molecular flexibility index (Phi) is 7.09. The molecule has 0 saturated heterocycles. The average molecular weight is 609 g/mol. The van der Waals surface area contributed by atoms with Gasteiger partial charge in [-0.1, -0.05) is 110 Å². The molecular formula is C43H32N2S. The molecule has 0 saturated carbocycles. The summed E-state index contributed by atoms with van der Waals surface area (Å²) in [6.07, 6.45) is 6.29. The Morgan fingerprint density at radius 1 is 0.609 bits per heavy atom. The van der Waals surface area contributed by atoms with E-state index < -0.39 is 0 Å². The minimum absolute atomic E-state index is 1.12. The van der Waals surface area contributed by atoms with Gasteiger partial charge in [-0.05, 0) is 78.7 Å². The van der Waals surface area contributed by atoms with Crippen molar-refractivity contribution in [3.05, 3.63) is 170 Å². The largest absolute Gasteiger partial charge is 0.310 e. The van der Waals surface area contributed by atoms with Gasteiger partial charge in [-0.2, -0.15) is 0 Å². The molecule has 0 aliphatic heterocycles. The summed E-state index contributed by atoms with van der Waals surface area (Å²) in [5.74, 6) is 0. The van der Waals surface area contributed by atoms with Crippen molar-refractivity contribution < 1.29 is 0 Å². The Bertz CT molecular complexity index is 2380. The van der Waals surface area contributed by atoms with Crippen LogP contribution in [0.2, 0.25) is 0 Å². The number of rotatable bonds is 7. The first-order valence-corrected chi connectivity index (χ1v) is 16.4. The van der Waals surface area contributed by atoms with Crippen molar-refractivity contribution >= 4 is 71.6 Å².